The van der Waals surface area contributed by atoms with Gasteiger partial charge in [-0.3, -0.25) is 0 Å². The minimum atomic E-state index is -0.0464. The van der Waals surface area contributed by atoms with E-state index in [4.69, 9.17) is 33.5 Å². The standard InChI is InChI=1S/C24H40O6.C11H16O/c1-3-21(2)23-9-7-22(8-10-23)20-28-17-16-26-13-12-25-14-15-27-18-19-30-24-6-4-5-11-29-24;1-3-9(2)11-6-4-10(8-12)5-7-11/h7-10,21,24H,3-6,11-20H2,1-2H3;4-7,9,12H,3,8H2,1-2H3. The lowest BCUT2D eigenvalue weighted by molar-refractivity contribution is -0.169. The molecule has 1 fully saturated rings. The van der Waals surface area contributed by atoms with Crippen LogP contribution in [0.15, 0.2) is 48.5 Å². The van der Waals surface area contributed by atoms with Crippen LogP contribution in [0.4, 0.5) is 0 Å². The van der Waals surface area contributed by atoms with E-state index in [1.165, 1.54) is 29.5 Å². The van der Waals surface area contributed by atoms with Gasteiger partial charge in [0.05, 0.1) is 66.1 Å². The summed E-state index contributed by atoms with van der Waals surface area (Å²) in [6, 6.07) is 16.9. The second-order valence-corrected chi connectivity index (χ2v) is 10.8. The molecule has 238 valence electrons. The number of hydrogen-bond acceptors (Lipinski definition) is 7. The Morgan fingerprint density at radius 1 is 0.667 bits per heavy atom. The third-order valence-corrected chi connectivity index (χ3v) is 7.56. The molecular formula is C35H56O7. The van der Waals surface area contributed by atoms with Crippen LogP contribution in [0.1, 0.15) is 93.9 Å². The van der Waals surface area contributed by atoms with E-state index in [9.17, 15) is 0 Å². The molecule has 0 saturated carbocycles. The normalized spacial score (nSPS) is 16.5. The quantitative estimate of drug-likeness (QED) is 0.167. The number of rotatable bonds is 20. The molecule has 1 aliphatic heterocycles. The van der Waals surface area contributed by atoms with Crippen molar-refractivity contribution in [2.45, 2.75) is 91.1 Å². The van der Waals surface area contributed by atoms with Gasteiger partial charge < -0.3 is 33.5 Å². The van der Waals surface area contributed by atoms with Gasteiger partial charge in [0.15, 0.2) is 6.29 Å². The Morgan fingerprint density at radius 2 is 1.14 bits per heavy atom. The van der Waals surface area contributed by atoms with Crippen molar-refractivity contribution in [2.75, 3.05) is 59.5 Å². The van der Waals surface area contributed by atoms with Crippen molar-refractivity contribution in [1.29, 1.82) is 0 Å². The Hall–Kier alpha value is -1.84. The van der Waals surface area contributed by atoms with Crippen molar-refractivity contribution in [1.82, 2.24) is 0 Å². The van der Waals surface area contributed by atoms with Crippen molar-refractivity contribution in [3.05, 3.63) is 70.8 Å². The first-order valence-corrected chi connectivity index (χ1v) is 15.9. The number of aliphatic hydroxyl groups is 1. The third-order valence-electron chi connectivity index (χ3n) is 7.56. The molecule has 3 unspecified atom stereocenters. The van der Waals surface area contributed by atoms with Crippen molar-refractivity contribution >= 4 is 0 Å². The summed E-state index contributed by atoms with van der Waals surface area (Å²) < 4.78 is 33.3. The second-order valence-electron chi connectivity index (χ2n) is 10.8. The maximum atomic E-state index is 8.82. The molecule has 3 atom stereocenters. The zero-order valence-electron chi connectivity index (χ0n) is 26.6. The van der Waals surface area contributed by atoms with Crippen LogP contribution < -0.4 is 0 Å². The Bertz CT molecular complexity index is 881. The van der Waals surface area contributed by atoms with Crippen LogP contribution in [0.5, 0.6) is 0 Å². The molecular weight excluding hydrogens is 532 g/mol. The van der Waals surface area contributed by atoms with Crippen LogP contribution in [0.3, 0.4) is 0 Å². The summed E-state index contributed by atoms with van der Waals surface area (Å²) in [7, 11) is 0. The van der Waals surface area contributed by atoms with Crippen LogP contribution in [-0.2, 0) is 41.6 Å². The minimum absolute atomic E-state index is 0.0464. The lowest BCUT2D eigenvalue weighted by atomic mass is 9.98. The molecule has 1 N–H and O–H groups in total. The maximum absolute atomic E-state index is 8.82. The second kappa shape index (κ2) is 23.6. The molecule has 7 nitrogen and oxygen atoms in total. The van der Waals surface area contributed by atoms with Crippen LogP contribution in [-0.4, -0.2) is 70.9 Å². The van der Waals surface area contributed by atoms with Crippen molar-refractivity contribution in [3.8, 4) is 0 Å². The van der Waals surface area contributed by atoms with Crippen molar-refractivity contribution in [2.24, 2.45) is 0 Å². The van der Waals surface area contributed by atoms with Gasteiger partial charge in [0.25, 0.3) is 0 Å². The summed E-state index contributed by atoms with van der Waals surface area (Å²) in [4.78, 5) is 0. The molecule has 0 radical (unpaired) electrons. The number of ether oxygens (including phenoxy) is 6. The van der Waals surface area contributed by atoms with Gasteiger partial charge in [-0.2, -0.15) is 0 Å². The first-order valence-electron chi connectivity index (χ1n) is 15.9. The maximum Gasteiger partial charge on any atom is 0.157 e. The van der Waals surface area contributed by atoms with Gasteiger partial charge in [-0.05, 0) is 66.2 Å². The lowest BCUT2D eigenvalue weighted by Gasteiger charge is -2.22. The fraction of sp³-hybridized carbons (Fsp3) is 0.657. The molecule has 0 spiro atoms. The molecule has 3 rings (SSSR count). The summed E-state index contributed by atoms with van der Waals surface area (Å²) in [6.45, 7) is 15.0. The van der Waals surface area contributed by atoms with Gasteiger partial charge in [-0.15, -0.1) is 0 Å². The van der Waals surface area contributed by atoms with Gasteiger partial charge in [0.1, 0.15) is 0 Å². The van der Waals surface area contributed by atoms with E-state index in [1.54, 1.807) is 0 Å². The van der Waals surface area contributed by atoms with E-state index < -0.39 is 0 Å². The molecule has 0 aliphatic carbocycles. The molecule has 2 aromatic rings. The predicted molar refractivity (Wildman–Crippen MR) is 168 cm³/mol. The van der Waals surface area contributed by atoms with Crippen LogP contribution >= 0.6 is 0 Å². The highest BCUT2D eigenvalue weighted by atomic mass is 16.7. The monoisotopic (exact) mass is 588 g/mol. The van der Waals surface area contributed by atoms with Crippen LogP contribution in [0.2, 0.25) is 0 Å². The number of aliphatic hydroxyl groups excluding tert-OH is 1. The topological polar surface area (TPSA) is 75.6 Å². The van der Waals surface area contributed by atoms with Crippen LogP contribution in [0, 0.1) is 0 Å². The molecule has 0 bridgehead atoms. The first kappa shape index (κ1) is 36.4. The Morgan fingerprint density at radius 3 is 1.60 bits per heavy atom. The fourth-order valence-corrected chi connectivity index (χ4v) is 4.30. The van der Waals surface area contributed by atoms with E-state index in [2.05, 4.69) is 64.1 Å². The Labute approximate surface area is 254 Å². The Balaban J connectivity index is 0.000000428. The van der Waals surface area contributed by atoms with E-state index >= 15 is 0 Å². The smallest absolute Gasteiger partial charge is 0.157 e. The largest absolute Gasteiger partial charge is 0.392 e. The molecule has 42 heavy (non-hydrogen) atoms. The van der Waals surface area contributed by atoms with E-state index in [0.29, 0.717) is 71.3 Å². The first-order chi connectivity index (χ1) is 20.6. The zero-order valence-corrected chi connectivity index (χ0v) is 26.6. The van der Waals surface area contributed by atoms with Gasteiger partial charge in [-0.1, -0.05) is 76.2 Å². The summed E-state index contributed by atoms with van der Waals surface area (Å²) >= 11 is 0. The van der Waals surface area contributed by atoms with Crippen molar-refractivity contribution < 1.29 is 33.5 Å². The number of hydrogen-bond donors (Lipinski definition) is 1. The van der Waals surface area contributed by atoms with Crippen molar-refractivity contribution in [3.63, 3.8) is 0 Å². The fourth-order valence-electron chi connectivity index (χ4n) is 4.30. The molecule has 0 aromatic heterocycles. The summed E-state index contributed by atoms with van der Waals surface area (Å²) in [5.41, 5.74) is 4.93. The number of benzene rings is 2. The molecule has 1 saturated heterocycles. The predicted octanol–water partition coefficient (Wildman–Crippen LogP) is 7.00. The Kier molecular flexibility index (Phi) is 20.4. The average Bonchev–Trinajstić information content (AvgIpc) is 3.05. The van der Waals surface area contributed by atoms with Gasteiger partial charge in [0.2, 0.25) is 0 Å². The molecule has 1 aliphatic rings. The van der Waals surface area contributed by atoms with E-state index in [0.717, 1.165) is 31.4 Å². The molecule has 0 amide bonds. The zero-order chi connectivity index (χ0) is 30.3. The highest BCUT2D eigenvalue weighted by Crippen LogP contribution is 2.20. The lowest BCUT2D eigenvalue weighted by Crippen LogP contribution is -2.24. The van der Waals surface area contributed by atoms with Gasteiger partial charge in [0, 0.05) is 6.61 Å². The summed E-state index contributed by atoms with van der Waals surface area (Å²) in [5, 5.41) is 8.82. The molecule has 1 heterocycles. The minimum Gasteiger partial charge on any atom is -0.392 e. The average molecular weight is 589 g/mol. The molecule has 2 aromatic carbocycles. The van der Waals surface area contributed by atoms with Crippen LogP contribution in [0.25, 0.3) is 0 Å². The van der Waals surface area contributed by atoms with E-state index in [1.807, 2.05) is 12.1 Å². The van der Waals surface area contributed by atoms with Gasteiger partial charge in [-0.25, -0.2) is 0 Å². The summed E-state index contributed by atoms with van der Waals surface area (Å²) in [6.07, 6.45) is 5.58. The summed E-state index contributed by atoms with van der Waals surface area (Å²) in [5.74, 6) is 1.23. The third kappa shape index (κ3) is 16.1. The molecule has 7 heteroatoms. The highest BCUT2D eigenvalue weighted by Gasteiger charge is 2.13. The highest BCUT2D eigenvalue weighted by molar-refractivity contribution is 5.25. The SMILES string of the molecule is CCC(C)c1ccc(CO)cc1.CCC(C)c1ccc(COCCOCCOCCOCCOC2CCCCO2)cc1. The van der Waals surface area contributed by atoms with E-state index in [-0.39, 0.29) is 12.9 Å². The van der Waals surface area contributed by atoms with Gasteiger partial charge >= 0.3 is 0 Å².